The van der Waals surface area contributed by atoms with Crippen molar-refractivity contribution in [2.75, 3.05) is 21.3 Å². The van der Waals surface area contributed by atoms with Gasteiger partial charge in [-0.15, -0.1) is 5.10 Å². The van der Waals surface area contributed by atoms with Crippen molar-refractivity contribution in [3.8, 4) is 22.9 Å². The summed E-state index contributed by atoms with van der Waals surface area (Å²) in [6, 6.07) is 3.32. The predicted octanol–water partition coefficient (Wildman–Crippen LogP) is -0.284. The maximum Gasteiger partial charge on any atom is 0.225 e. The largest absolute Gasteiger partial charge is 0.496 e. The molecule has 0 fully saturated rings. The SMILES string of the molecule is COc1cc(OC)c(-n2nnnc2CC(N)=O)c(OC)c1. The first-order valence-corrected chi connectivity index (χ1v) is 5.96. The molecule has 1 amide bonds. The normalized spacial score (nSPS) is 10.2. The molecule has 0 spiro atoms. The quantitative estimate of drug-likeness (QED) is 0.778. The van der Waals surface area contributed by atoms with Crippen LogP contribution in [0.3, 0.4) is 0 Å². The van der Waals surface area contributed by atoms with Crippen LogP contribution in [-0.2, 0) is 11.2 Å². The van der Waals surface area contributed by atoms with Crippen molar-refractivity contribution in [2.24, 2.45) is 5.73 Å². The number of amides is 1. The number of carbonyl (C=O) groups excluding carboxylic acids is 1. The van der Waals surface area contributed by atoms with Crippen LogP contribution < -0.4 is 19.9 Å². The fourth-order valence-electron chi connectivity index (χ4n) is 1.84. The van der Waals surface area contributed by atoms with E-state index in [-0.39, 0.29) is 12.2 Å². The zero-order valence-corrected chi connectivity index (χ0v) is 11.9. The summed E-state index contributed by atoms with van der Waals surface area (Å²) in [6.45, 7) is 0. The number of benzene rings is 1. The molecular formula is C12H15N5O4. The molecule has 2 aromatic rings. The maximum atomic E-state index is 11.1. The summed E-state index contributed by atoms with van der Waals surface area (Å²) in [7, 11) is 4.52. The smallest absolute Gasteiger partial charge is 0.225 e. The Hall–Kier alpha value is -2.84. The van der Waals surface area contributed by atoms with Gasteiger partial charge in [-0.25, -0.2) is 0 Å². The standard InChI is InChI=1S/C12H15N5O4/c1-19-7-4-8(20-2)12(9(5-7)21-3)17-11(6-10(13)18)14-15-16-17/h4-5H,6H2,1-3H3,(H2,13,18). The van der Waals surface area contributed by atoms with E-state index in [2.05, 4.69) is 15.5 Å². The Labute approximate surface area is 120 Å². The number of methoxy groups -OCH3 is 3. The molecule has 0 aliphatic rings. The second kappa shape index (κ2) is 6.07. The minimum atomic E-state index is -0.544. The lowest BCUT2D eigenvalue weighted by Crippen LogP contribution is -2.18. The van der Waals surface area contributed by atoms with E-state index in [1.807, 2.05) is 0 Å². The molecule has 0 aliphatic carbocycles. The van der Waals surface area contributed by atoms with Gasteiger partial charge in [-0.05, 0) is 10.4 Å². The maximum absolute atomic E-state index is 11.1. The molecule has 1 heterocycles. The molecule has 1 aromatic carbocycles. The highest BCUT2D eigenvalue weighted by Gasteiger charge is 2.20. The van der Waals surface area contributed by atoms with Gasteiger partial charge in [0, 0.05) is 12.1 Å². The van der Waals surface area contributed by atoms with E-state index >= 15 is 0 Å². The topological polar surface area (TPSA) is 114 Å². The van der Waals surface area contributed by atoms with Gasteiger partial charge in [-0.3, -0.25) is 4.79 Å². The first-order chi connectivity index (χ1) is 10.1. The van der Waals surface area contributed by atoms with Crippen molar-refractivity contribution < 1.29 is 19.0 Å². The Balaban J connectivity index is 2.62. The number of aromatic nitrogens is 4. The van der Waals surface area contributed by atoms with Gasteiger partial charge in [0.2, 0.25) is 5.91 Å². The summed E-state index contributed by atoms with van der Waals surface area (Å²) in [4.78, 5) is 11.1. The number of nitrogens with two attached hydrogens (primary N) is 1. The van der Waals surface area contributed by atoms with E-state index < -0.39 is 5.91 Å². The van der Waals surface area contributed by atoms with Crippen LogP contribution in [0.2, 0.25) is 0 Å². The Morgan fingerprint density at radius 1 is 1.19 bits per heavy atom. The molecule has 0 aliphatic heterocycles. The highest BCUT2D eigenvalue weighted by Crippen LogP contribution is 2.36. The van der Waals surface area contributed by atoms with Gasteiger partial charge in [-0.2, -0.15) is 4.68 Å². The number of hydrogen-bond donors (Lipinski definition) is 1. The summed E-state index contributed by atoms with van der Waals surface area (Å²) in [5, 5.41) is 11.2. The number of nitrogens with zero attached hydrogens (tertiary/aromatic N) is 4. The lowest BCUT2D eigenvalue weighted by atomic mass is 10.2. The molecule has 0 saturated carbocycles. The van der Waals surface area contributed by atoms with Gasteiger partial charge in [0.15, 0.2) is 23.0 Å². The van der Waals surface area contributed by atoms with Crippen LogP contribution in [-0.4, -0.2) is 47.4 Å². The molecule has 0 unspecified atom stereocenters. The van der Waals surface area contributed by atoms with Crippen LogP contribution in [0.15, 0.2) is 12.1 Å². The molecule has 2 rings (SSSR count). The van der Waals surface area contributed by atoms with Crippen LogP contribution in [0, 0.1) is 0 Å². The first kappa shape index (κ1) is 14.6. The minimum Gasteiger partial charge on any atom is -0.496 e. The van der Waals surface area contributed by atoms with Crippen molar-refractivity contribution in [1.29, 1.82) is 0 Å². The first-order valence-electron chi connectivity index (χ1n) is 5.96. The number of tetrazole rings is 1. The van der Waals surface area contributed by atoms with E-state index in [1.165, 1.54) is 26.0 Å². The highest BCUT2D eigenvalue weighted by atomic mass is 16.5. The van der Waals surface area contributed by atoms with Crippen molar-refractivity contribution in [2.45, 2.75) is 6.42 Å². The minimum absolute atomic E-state index is 0.106. The van der Waals surface area contributed by atoms with E-state index in [9.17, 15) is 4.79 Å². The van der Waals surface area contributed by atoms with Crippen LogP contribution in [0.5, 0.6) is 17.2 Å². The molecule has 2 N–H and O–H groups in total. The number of primary amides is 1. The van der Waals surface area contributed by atoms with Crippen molar-refractivity contribution in [1.82, 2.24) is 20.2 Å². The number of hydrogen-bond acceptors (Lipinski definition) is 7. The lowest BCUT2D eigenvalue weighted by molar-refractivity contribution is -0.117. The van der Waals surface area contributed by atoms with Crippen LogP contribution in [0.25, 0.3) is 5.69 Å². The Kier molecular flexibility index (Phi) is 4.21. The molecule has 9 heteroatoms. The fourth-order valence-corrected chi connectivity index (χ4v) is 1.84. The lowest BCUT2D eigenvalue weighted by Gasteiger charge is -2.15. The summed E-state index contributed by atoms with van der Waals surface area (Å²) in [5.74, 6) is 1.16. The van der Waals surface area contributed by atoms with E-state index in [4.69, 9.17) is 19.9 Å². The average molecular weight is 293 g/mol. The average Bonchev–Trinajstić information content (AvgIpc) is 2.92. The van der Waals surface area contributed by atoms with Gasteiger partial charge >= 0.3 is 0 Å². The summed E-state index contributed by atoms with van der Waals surface area (Å²) in [6.07, 6.45) is -0.106. The summed E-state index contributed by atoms with van der Waals surface area (Å²) < 4.78 is 17.2. The number of rotatable bonds is 6. The van der Waals surface area contributed by atoms with Crippen molar-refractivity contribution >= 4 is 5.91 Å². The molecule has 0 bridgehead atoms. The summed E-state index contributed by atoms with van der Waals surface area (Å²) in [5.41, 5.74) is 5.65. The molecule has 0 radical (unpaired) electrons. The van der Waals surface area contributed by atoms with Crippen LogP contribution in [0.1, 0.15) is 5.82 Å². The Morgan fingerprint density at radius 3 is 2.29 bits per heavy atom. The second-order valence-corrected chi connectivity index (χ2v) is 4.03. The van der Waals surface area contributed by atoms with Crippen LogP contribution in [0.4, 0.5) is 0 Å². The molecular weight excluding hydrogens is 278 g/mol. The third-order valence-corrected chi connectivity index (χ3v) is 2.77. The number of ether oxygens (including phenoxy) is 3. The third-order valence-electron chi connectivity index (χ3n) is 2.77. The van der Waals surface area contributed by atoms with Gasteiger partial charge in [0.1, 0.15) is 5.75 Å². The van der Waals surface area contributed by atoms with Crippen LogP contribution >= 0.6 is 0 Å². The van der Waals surface area contributed by atoms with Gasteiger partial charge in [0.25, 0.3) is 0 Å². The fraction of sp³-hybridized carbons (Fsp3) is 0.333. The van der Waals surface area contributed by atoms with Gasteiger partial charge in [0.05, 0.1) is 27.8 Å². The molecule has 9 nitrogen and oxygen atoms in total. The van der Waals surface area contributed by atoms with Crippen molar-refractivity contribution in [3.05, 3.63) is 18.0 Å². The highest BCUT2D eigenvalue weighted by molar-refractivity contribution is 5.76. The molecule has 0 saturated heterocycles. The van der Waals surface area contributed by atoms with E-state index in [0.717, 1.165) is 0 Å². The summed E-state index contributed by atoms with van der Waals surface area (Å²) >= 11 is 0. The second-order valence-electron chi connectivity index (χ2n) is 4.03. The van der Waals surface area contributed by atoms with Crippen molar-refractivity contribution in [3.63, 3.8) is 0 Å². The zero-order chi connectivity index (χ0) is 15.4. The van der Waals surface area contributed by atoms with E-state index in [0.29, 0.717) is 22.9 Å². The Bertz CT molecular complexity index is 630. The van der Waals surface area contributed by atoms with Gasteiger partial charge in [-0.1, -0.05) is 0 Å². The molecule has 21 heavy (non-hydrogen) atoms. The van der Waals surface area contributed by atoms with Gasteiger partial charge < -0.3 is 19.9 Å². The Morgan fingerprint density at radius 2 is 1.81 bits per heavy atom. The monoisotopic (exact) mass is 293 g/mol. The predicted molar refractivity (Wildman–Crippen MR) is 71.7 cm³/mol. The number of carbonyl (C=O) groups is 1. The zero-order valence-electron chi connectivity index (χ0n) is 11.9. The molecule has 0 atom stereocenters. The third kappa shape index (κ3) is 2.86. The molecule has 112 valence electrons. The molecule has 1 aromatic heterocycles. The van der Waals surface area contributed by atoms with E-state index in [1.54, 1.807) is 12.1 Å².